The number of anilines is 2. The molecule has 0 saturated carbocycles. The molecule has 0 bridgehead atoms. The number of piperazine rings is 1. The summed E-state index contributed by atoms with van der Waals surface area (Å²) in [7, 11) is 3.41. The van der Waals surface area contributed by atoms with E-state index >= 15 is 4.39 Å². The minimum absolute atomic E-state index is 0.00630. The van der Waals surface area contributed by atoms with E-state index < -0.39 is 23.3 Å². The summed E-state index contributed by atoms with van der Waals surface area (Å²) >= 11 is 0. The number of nitrogens with one attached hydrogen (secondary N) is 3. The number of amides is 2. The number of pyridine rings is 1. The fourth-order valence-corrected chi connectivity index (χ4v) is 4.29. The van der Waals surface area contributed by atoms with Gasteiger partial charge in [0.2, 0.25) is 5.88 Å². The van der Waals surface area contributed by atoms with E-state index in [0.29, 0.717) is 30.2 Å². The highest BCUT2D eigenvalue weighted by molar-refractivity contribution is 6.01. The number of ether oxygens (including phenoxy) is 1. The quantitative estimate of drug-likeness (QED) is 0.343. The third kappa shape index (κ3) is 5.21. The van der Waals surface area contributed by atoms with Gasteiger partial charge in [-0.1, -0.05) is 0 Å². The van der Waals surface area contributed by atoms with Crippen molar-refractivity contribution in [1.82, 2.24) is 35.1 Å². The van der Waals surface area contributed by atoms with Gasteiger partial charge in [0.05, 0.1) is 11.1 Å². The Hall–Kier alpha value is -4.65. The van der Waals surface area contributed by atoms with Crippen molar-refractivity contribution in [3.8, 4) is 11.6 Å². The van der Waals surface area contributed by atoms with Crippen LogP contribution in [0.5, 0.6) is 11.6 Å². The van der Waals surface area contributed by atoms with Crippen molar-refractivity contribution in [3.05, 3.63) is 65.2 Å². The average Bonchev–Trinajstić information content (AvgIpc) is 3.34. The van der Waals surface area contributed by atoms with E-state index in [1.807, 2.05) is 7.05 Å². The second kappa shape index (κ2) is 10.6. The lowest BCUT2D eigenvalue weighted by molar-refractivity contribution is 0.0663. The van der Waals surface area contributed by atoms with Crippen LogP contribution in [0, 0.1) is 18.6 Å². The van der Waals surface area contributed by atoms with Gasteiger partial charge in [-0.2, -0.15) is 0 Å². The molecule has 1 fully saturated rings. The number of carbonyl (C=O) groups is 2. The van der Waals surface area contributed by atoms with E-state index in [1.54, 1.807) is 24.0 Å². The summed E-state index contributed by atoms with van der Waals surface area (Å²) in [6, 6.07) is 5.54. The van der Waals surface area contributed by atoms with Crippen LogP contribution in [0.2, 0.25) is 0 Å². The van der Waals surface area contributed by atoms with E-state index in [2.05, 4.69) is 35.5 Å². The monoisotopic (exact) mass is 536 g/mol. The predicted octanol–water partition coefficient (Wildman–Crippen LogP) is 3.22. The normalized spacial score (nSPS) is 13.9. The zero-order valence-electron chi connectivity index (χ0n) is 21.5. The number of nitrogens with zero attached hydrogens (tertiary/aromatic N) is 5. The third-order valence-electron chi connectivity index (χ3n) is 6.42. The molecule has 1 aliphatic heterocycles. The first-order valence-electron chi connectivity index (χ1n) is 12.2. The number of aryl methyl sites for hydroxylation is 1. The molecule has 0 unspecified atom stereocenters. The van der Waals surface area contributed by atoms with Gasteiger partial charge in [-0.25, -0.2) is 23.7 Å². The minimum Gasteiger partial charge on any atom is -0.435 e. The van der Waals surface area contributed by atoms with Crippen molar-refractivity contribution in [2.75, 3.05) is 45.6 Å². The van der Waals surface area contributed by atoms with Gasteiger partial charge in [0.25, 0.3) is 11.8 Å². The van der Waals surface area contributed by atoms with Crippen molar-refractivity contribution >= 4 is 34.4 Å². The van der Waals surface area contributed by atoms with Crippen molar-refractivity contribution in [3.63, 3.8) is 0 Å². The summed E-state index contributed by atoms with van der Waals surface area (Å²) in [5.74, 6) is -2.71. The van der Waals surface area contributed by atoms with Crippen molar-refractivity contribution in [2.24, 2.45) is 0 Å². The molecule has 2 amide bonds. The van der Waals surface area contributed by atoms with E-state index in [0.717, 1.165) is 25.5 Å². The molecule has 0 radical (unpaired) electrons. The molecule has 0 aliphatic carbocycles. The van der Waals surface area contributed by atoms with Gasteiger partial charge in [-0.3, -0.25) is 9.59 Å². The fourth-order valence-electron chi connectivity index (χ4n) is 4.29. The number of carbonyl (C=O) groups excluding carboxylic acids is 2. The van der Waals surface area contributed by atoms with E-state index in [9.17, 15) is 14.0 Å². The highest BCUT2D eigenvalue weighted by atomic mass is 19.1. The molecule has 3 aromatic heterocycles. The second-order valence-corrected chi connectivity index (χ2v) is 9.15. The highest BCUT2D eigenvalue weighted by Gasteiger charge is 2.24. The molecule has 0 spiro atoms. The van der Waals surface area contributed by atoms with E-state index in [4.69, 9.17) is 4.74 Å². The molecular formula is C26H26F2N8O3. The Bertz CT molecular complexity index is 1550. The molecule has 1 aliphatic rings. The summed E-state index contributed by atoms with van der Waals surface area (Å²) in [4.78, 5) is 44.7. The fraction of sp³-hybridized carbons (Fsp3) is 0.269. The average molecular weight is 537 g/mol. The van der Waals surface area contributed by atoms with Crippen LogP contribution < -0.4 is 15.4 Å². The third-order valence-corrected chi connectivity index (χ3v) is 6.42. The Balaban J connectivity index is 1.42. The highest BCUT2D eigenvalue weighted by Crippen LogP contribution is 2.34. The maximum Gasteiger partial charge on any atom is 0.260 e. The minimum atomic E-state index is -0.811. The standard InChI is InChI=1S/C26H26F2N8O3/c1-14-10-16-21(28)18(11-17(27)22(16)33-14)39-25-20(24(37)29-2)23(31-13-32-25)34-19-5-4-15(12-30-19)26(38)36-8-6-35(3)7-9-36/h4-5,10-13,33H,6-9H2,1-3H3,(H,29,37)(H,30,31,32,34). The maximum absolute atomic E-state index is 15.2. The van der Waals surface area contributed by atoms with Crippen LogP contribution in [0.3, 0.4) is 0 Å². The van der Waals surface area contributed by atoms with Gasteiger partial charge >= 0.3 is 0 Å². The largest absolute Gasteiger partial charge is 0.435 e. The van der Waals surface area contributed by atoms with Crippen molar-refractivity contribution < 1.29 is 23.1 Å². The molecule has 5 rings (SSSR count). The van der Waals surface area contributed by atoms with Crippen molar-refractivity contribution in [2.45, 2.75) is 6.92 Å². The number of likely N-dealkylation sites (N-methyl/N-ethyl adjacent to an activating group) is 1. The SMILES string of the molecule is CNC(=O)c1c(Nc2ccc(C(=O)N3CCN(C)CC3)cn2)ncnc1Oc1cc(F)c2[nH]c(C)cc2c1F. The van der Waals surface area contributed by atoms with Crippen LogP contribution in [0.25, 0.3) is 10.9 Å². The summed E-state index contributed by atoms with van der Waals surface area (Å²) in [6.45, 7) is 4.54. The maximum atomic E-state index is 15.2. The lowest BCUT2D eigenvalue weighted by Crippen LogP contribution is -2.47. The van der Waals surface area contributed by atoms with Gasteiger partial charge in [0.15, 0.2) is 23.2 Å². The number of fused-ring (bicyclic) bond motifs is 1. The first kappa shape index (κ1) is 26.0. The summed E-state index contributed by atoms with van der Waals surface area (Å²) in [5, 5.41) is 5.39. The van der Waals surface area contributed by atoms with Gasteiger partial charge in [0.1, 0.15) is 17.7 Å². The zero-order chi connectivity index (χ0) is 27.7. The molecule has 4 aromatic rings. The number of H-pyrrole nitrogens is 1. The Morgan fingerprint density at radius 3 is 2.54 bits per heavy atom. The molecule has 1 saturated heterocycles. The van der Waals surface area contributed by atoms with Gasteiger partial charge < -0.3 is 30.2 Å². The Kier molecular flexibility index (Phi) is 7.07. The van der Waals surface area contributed by atoms with Crippen LogP contribution in [-0.2, 0) is 0 Å². The first-order chi connectivity index (χ1) is 18.7. The Morgan fingerprint density at radius 2 is 1.85 bits per heavy atom. The van der Waals surface area contributed by atoms with Crippen molar-refractivity contribution in [1.29, 1.82) is 0 Å². The van der Waals surface area contributed by atoms with Crippen LogP contribution in [0.15, 0.2) is 36.8 Å². The van der Waals surface area contributed by atoms with Gasteiger partial charge in [0, 0.05) is 56.6 Å². The van der Waals surface area contributed by atoms with Gasteiger partial charge in [-0.15, -0.1) is 0 Å². The van der Waals surface area contributed by atoms with Crippen LogP contribution in [0.1, 0.15) is 26.4 Å². The smallest absolute Gasteiger partial charge is 0.260 e. The molecule has 13 heteroatoms. The Morgan fingerprint density at radius 1 is 1.08 bits per heavy atom. The number of aromatic nitrogens is 4. The topological polar surface area (TPSA) is 128 Å². The molecular weight excluding hydrogens is 510 g/mol. The lowest BCUT2D eigenvalue weighted by Gasteiger charge is -2.32. The zero-order valence-corrected chi connectivity index (χ0v) is 21.5. The van der Waals surface area contributed by atoms with Crippen LogP contribution >= 0.6 is 0 Å². The molecule has 1 aromatic carbocycles. The molecule has 0 atom stereocenters. The van der Waals surface area contributed by atoms with Crippen LogP contribution in [-0.4, -0.2) is 81.8 Å². The molecule has 39 heavy (non-hydrogen) atoms. The van der Waals surface area contributed by atoms with E-state index in [1.165, 1.54) is 19.3 Å². The molecule has 11 nitrogen and oxygen atoms in total. The molecule has 202 valence electrons. The van der Waals surface area contributed by atoms with Crippen LogP contribution in [0.4, 0.5) is 20.4 Å². The number of aromatic amines is 1. The lowest BCUT2D eigenvalue weighted by atomic mass is 10.2. The first-order valence-corrected chi connectivity index (χ1v) is 12.2. The number of rotatable bonds is 6. The molecule has 3 N–H and O–H groups in total. The second-order valence-electron chi connectivity index (χ2n) is 9.15. The number of halogens is 2. The summed E-state index contributed by atoms with van der Waals surface area (Å²) in [5.41, 5.74) is 0.860. The number of benzene rings is 1. The van der Waals surface area contributed by atoms with E-state index in [-0.39, 0.29) is 34.1 Å². The molecule has 4 heterocycles. The summed E-state index contributed by atoms with van der Waals surface area (Å²) < 4.78 is 35.4. The number of hydrogen-bond donors (Lipinski definition) is 3. The predicted molar refractivity (Wildman–Crippen MR) is 139 cm³/mol. The number of hydrogen-bond acceptors (Lipinski definition) is 8. The van der Waals surface area contributed by atoms with Gasteiger partial charge in [-0.05, 0) is 32.2 Å². The summed E-state index contributed by atoms with van der Waals surface area (Å²) in [6.07, 6.45) is 2.55. The Labute approximate surface area is 222 Å².